The van der Waals surface area contributed by atoms with Gasteiger partial charge in [-0.05, 0) is 31.1 Å². The number of aliphatic hydroxyl groups is 1. The van der Waals surface area contributed by atoms with Crippen molar-refractivity contribution >= 4 is 0 Å². The van der Waals surface area contributed by atoms with E-state index < -0.39 is 5.60 Å². The van der Waals surface area contributed by atoms with Gasteiger partial charge >= 0.3 is 0 Å². The van der Waals surface area contributed by atoms with Crippen LogP contribution in [-0.2, 0) is 6.42 Å². The van der Waals surface area contributed by atoms with Crippen LogP contribution in [0.4, 0.5) is 0 Å². The molecular formula is C17H25NO. The molecule has 1 heterocycles. The van der Waals surface area contributed by atoms with E-state index in [2.05, 4.69) is 18.1 Å². The first-order chi connectivity index (χ1) is 8.99. The smallest absolute Gasteiger partial charge is 0.0923 e. The van der Waals surface area contributed by atoms with Crippen molar-refractivity contribution in [1.29, 1.82) is 0 Å². The molecule has 0 aliphatic carbocycles. The van der Waals surface area contributed by atoms with Gasteiger partial charge in [0.25, 0.3) is 0 Å². The molecule has 0 amide bonds. The molecular weight excluding hydrogens is 234 g/mol. The molecule has 1 aromatic heterocycles. The van der Waals surface area contributed by atoms with E-state index in [1.165, 1.54) is 0 Å². The van der Waals surface area contributed by atoms with Gasteiger partial charge in [-0.25, -0.2) is 0 Å². The normalized spacial score (nSPS) is 13.8. The van der Waals surface area contributed by atoms with Crippen LogP contribution in [0.2, 0.25) is 0 Å². The molecule has 104 valence electrons. The van der Waals surface area contributed by atoms with Crippen LogP contribution in [0, 0.1) is 6.92 Å². The third-order valence-corrected chi connectivity index (χ3v) is 2.64. The van der Waals surface area contributed by atoms with Crippen molar-refractivity contribution in [3.8, 4) is 0 Å². The molecule has 1 atom stereocenters. The molecule has 0 aliphatic rings. The van der Waals surface area contributed by atoms with E-state index in [1.807, 2.05) is 32.9 Å². The SMILES string of the molecule is C=C/C=C(\C=C)C(C)(O)Cc1ccc(C)cn1.CC. The number of nitrogens with zero attached hydrogens (tertiary/aromatic N) is 1. The summed E-state index contributed by atoms with van der Waals surface area (Å²) in [6.45, 7) is 15.1. The molecule has 0 radical (unpaired) electrons. The first-order valence-corrected chi connectivity index (χ1v) is 6.59. The molecule has 0 fully saturated rings. The van der Waals surface area contributed by atoms with Crippen LogP contribution in [0.25, 0.3) is 0 Å². The first-order valence-electron chi connectivity index (χ1n) is 6.59. The highest BCUT2D eigenvalue weighted by molar-refractivity contribution is 5.31. The van der Waals surface area contributed by atoms with Gasteiger partial charge in [-0.1, -0.05) is 51.3 Å². The van der Waals surface area contributed by atoms with E-state index in [0.29, 0.717) is 6.42 Å². The van der Waals surface area contributed by atoms with Crippen molar-refractivity contribution in [2.24, 2.45) is 0 Å². The molecule has 2 heteroatoms. The van der Waals surface area contributed by atoms with Gasteiger partial charge < -0.3 is 5.11 Å². The quantitative estimate of drug-likeness (QED) is 0.810. The van der Waals surface area contributed by atoms with Gasteiger partial charge in [-0.3, -0.25) is 4.98 Å². The van der Waals surface area contributed by atoms with Crippen molar-refractivity contribution < 1.29 is 5.11 Å². The fourth-order valence-electron chi connectivity index (χ4n) is 1.65. The Morgan fingerprint density at radius 1 is 1.37 bits per heavy atom. The minimum Gasteiger partial charge on any atom is -0.385 e. The Balaban J connectivity index is 0.00000154. The van der Waals surface area contributed by atoms with Gasteiger partial charge in [-0.2, -0.15) is 0 Å². The van der Waals surface area contributed by atoms with Crippen molar-refractivity contribution in [1.82, 2.24) is 4.98 Å². The Hall–Kier alpha value is -1.67. The number of rotatable bonds is 5. The Bertz CT molecular complexity index is 427. The second kappa shape index (κ2) is 8.44. The number of aryl methyl sites for hydroxylation is 1. The van der Waals surface area contributed by atoms with Crippen molar-refractivity contribution in [2.45, 2.75) is 39.7 Å². The molecule has 1 aromatic rings. The lowest BCUT2D eigenvalue weighted by molar-refractivity contribution is 0.102. The molecule has 1 unspecified atom stereocenters. The Labute approximate surface area is 117 Å². The summed E-state index contributed by atoms with van der Waals surface area (Å²) in [6.07, 6.45) is 7.32. The van der Waals surface area contributed by atoms with Crippen LogP contribution in [-0.4, -0.2) is 15.7 Å². The predicted octanol–water partition coefficient (Wildman–Crippen LogP) is 4.01. The molecule has 0 aliphatic heterocycles. The molecule has 0 saturated carbocycles. The monoisotopic (exact) mass is 259 g/mol. The first kappa shape index (κ1) is 17.3. The number of allylic oxidation sites excluding steroid dienone is 2. The molecule has 2 nitrogen and oxygen atoms in total. The van der Waals surface area contributed by atoms with Crippen LogP contribution in [0.15, 0.2) is 55.3 Å². The lowest BCUT2D eigenvalue weighted by Gasteiger charge is -2.24. The van der Waals surface area contributed by atoms with Gasteiger partial charge in [0.15, 0.2) is 0 Å². The van der Waals surface area contributed by atoms with Crippen LogP contribution >= 0.6 is 0 Å². The number of aromatic nitrogens is 1. The lowest BCUT2D eigenvalue weighted by atomic mass is 9.90. The summed E-state index contributed by atoms with van der Waals surface area (Å²) < 4.78 is 0. The standard InChI is InChI=1S/C15H19NO.C2H6/c1-5-7-13(6-2)15(4,17)10-14-9-8-12(3)11-16-14;1-2/h5-9,11,17H,1-2,10H2,3-4H3;1-2H3/b13-7+;. The largest absolute Gasteiger partial charge is 0.385 e. The van der Waals surface area contributed by atoms with Crippen molar-refractivity contribution in [3.63, 3.8) is 0 Å². The summed E-state index contributed by atoms with van der Waals surface area (Å²) in [5.41, 5.74) is 1.74. The van der Waals surface area contributed by atoms with Gasteiger partial charge in [0, 0.05) is 18.3 Å². The summed E-state index contributed by atoms with van der Waals surface area (Å²) in [7, 11) is 0. The summed E-state index contributed by atoms with van der Waals surface area (Å²) in [5, 5.41) is 10.4. The van der Waals surface area contributed by atoms with Gasteiger partial charge in [0.05, 0.1) is 5.60 Å². The van der Waals surface area contributed by atoms with E-state index in [9.17, 15) is 5.11 Å². The number of pyridine rings is 1. The zero-order valence-electron chi connectivity index (χ0n) is 12.5. The highest BCUT2D eigenvalue weighted by Gasteiger charge is 2.24. The van der Waals surface area contributed by atoms with E-state index in [-0.39, 0.29) is 0 Å². The zero-order valence-corrected chi connectivity index (χ0v) is 12.5. The molecule has 0 aromatic carbocycles. The summed E-state index contributed by atoms with van der Waals surface area (Å²) in [5.74, 6) is 0. The minimum absolute atomic E-state index is 0.457. The fraction of sp³-hybridized carbons (Fsp3) is 0.353. The maximum Gasteiger partial charge on any atom is 0.0923 e. The summed E-state index contributed by atoms with van der Waals surface area (Å²) >= 11 is 0. The van der Waals surface area contributed by atoms with Crippen LogP contribution in [0.1, 0.15) is 32.0 Å². The zero-order chi connectivity index (χ0) is 14.9. The van der Waals surface area contributed by atoms with Gasteiger partial charge in [0.1, 0.15) is 0 Å². The molecule has 0 saturated heterocycles. The second-order valence-electron chi connectivity index (χ2n) is 4.34. The molecule has 19 heavy (non-hydrogen) atoms. The molecule has 0 bridgehead atoms. The molecule has 0 spiro atoms. The Morgan fingerprint density at radius 2 is 2.00 bits per heavy atom. The van der Waals surface area contributed by atoms with Crippen LogP contribution in [0.5, 0.6) is 0 Å². The third kappa shape index (κ3) is 5.66. The van der Waals surface area contributed by atoms with Crippen molar-refractivity contribution in [2.75, 3.05) is 0 Å². The average Bonchev–Trinajstić information content (AvgIpc) is 2.40. The summed E-state index contributed by atoms with van der Waals surface area (Å²) in [4.78, 5) is 4.29. The highest BCUT2D eigenvalue weighted by Crippen LogP contribution is 2.22. The Morgan fingerprint density at radius 3 is 2.42 bits per heavy atom. The number of hydrogen-bond acceptors (Lipinski definition) is 2. The van der Waals surface area contributed by atoms with Gasteiger partial charge in [-0.15, -0.1) is 0 Å². The maximum atomic E-state index is 10.4. The topological polar surface area (TPSA) is 33.1 Å². The predicted molar refractivity (Wildman–Crippen MR) is 83.1 cm³/mol. The maximum absolute atomic E-state index is 10.4. The third-order valence-electron chi connectivity index (χ3n) is 2.64. The Kier molecular flexibility index (Phi) is 7.69. The fourth-order valence-corrected chi connectivity index (χ4v) is 1.65. The van der Waals surface area contributed by atoms with Crippen LogP contribution < -0.4 is 0 Å². The average molecular weight is 259 g/mol. The lowest BCUT2D eigenvalue weighted by Crippen LogP contribution is -2.29. The summed E-state index contributed by atoms with van der Waals surface area (Å²) in [6, 6.07) is 3.92. The van der Waals surface area contributed by atoms with E-state index in [4.69, 9.17) is 0 Å². The minimum atomic E-state index is -0.974. The second-order valence-corrected chi connectivity index (χ2v) is 4.34. The highest BCUT2D eigenvalue weighted by atomic mass is 16.3. The molecule has 1 N–H and O–H groups in total. The van der Waals surface area contributed by atoms with Gasteiger partial charge in [0.2, 0.25) is 0 Å². The number of hydrogen-bond donors (Lipinski definition) is 1. The van der Waals surface area contributed by atoms with E-state index in [0.717, 1.165) is 16.8 Å². The van der Waals surface area contributed by atoms with E-state index in [1.54, 1.807) is 31.3 Å². The van der Waals surface area contributed by atoms with Crippen molar-refractivity contribution in [3.05, 3.63) is 66.5 Å². The molecule has 1 rings (SSSR count). The van der Waals surface area contributed by atoms with E-state index >= 15 is 0 Å². The van der Waals surface area contributed by atoms with Crippen LogP contribution in [0.3, 0.4) is 0 Å².